The highest BCUT2D eigenvalue weighted by Crippen LogP contribution is 2.30. The number of aromatic nitrogens is 2. The fraction of sp³-hybridized carbons (Fsp3) is 0.367. The standard InChI is InChI=1S/C30H29ClFN5O4/c31-23-13-21(5-6-24(23)32)35-30-22-14-25(20(12-26(22)33-18-34-30)4-3-19-7-9-39-17-19)36-29(38)2-1-8-37-15-27-28(16-37)41-11-10-40-27/h1-2,5-6,12-14,18-19,27-28H,7-11,15-17H2,(H,36,38)(H,33,34,35). The van der Waals surface area contributed by atoms with E-state index in [0.29, 0.717) is 66.6 Å². The van der Waals surface area contributed by atoms with Gasteiger partial charge >= 0.3 is 0 Å². The summed E-state index contributed by atoms with van der Waals surface area (Å²) in [4.78, 5) is 24.0. The number of fused-ring (bicyclic) bond motifs is 2. The van der Waals surface area contributed by atoms with Crippen LogP contribution in [-0.2, 0) is 19.0 Å². The molecule has 3 fully saturated rings. The lowest BCUT2D eigenvalue weighted by molar-refractivity contribution is -0.116. The first-order valence-corrected chi connectivity index (χ1v) is 13.9. The van der Waals surface area contributed by atoms with E-state index in [1.807, 2.05) is 12.1 Å². The number of nitrogens with one attached hydrogen (secondary N) is 2. The van der Waals surface area contributed by atoms with Crippen molar-refractivity contribution in [2.75, 3.05) is 56.7 Å². The molecule has 212 valence electrons. The number of ether oxygens (including phenoxy) is 3. The van der Waals surface area contributed by atoms with Crippen LogP contribution in [0.15, 0.2) is 48.8 Å². The first-order valence-electron chi connectivity index (χ1n) is 13.5. The molecule has 4 heterocycles. The number of hydrogen-bond donors (Lipinski definition) is 2. The maximum absolute atomic E-state index is 13.7. The van der Waals surface area contributed by atoms with Crippen molar-refractivity contribution in [3.8, 4) is 11.8 Å². The highest BCUT2D eigenvalue weighted by atomic mass is 35.5. The van der Waals surface area contributed by atoms with E-state index in [0.717, 1.165) is 19.5 Å². The monoisotopic (exact) mass is 577 g/mol. The summed E-state index contributed by atoms with van der Waals surface area (Å²) in [5, 5.41) is 6.80. The molecule has 1 aromatic heterocycles. The Morgan fingerprint density at radius 1 is 1.15 bits per heavy atom. The SMILES string of the molecule is O=C(C=CCN1CC2OCCOC2C1)Nc1cc2c(Nc3ccc(F)c(Cl)c3)ncnc2cc1C#CC1CCOC1. The van der Waals surface area contributed by atoms with Crippen LogP contribution in [-0.4, -0.2) is 79.0 Å². The van der Waals surface area contributed by atoms with Gasteiger partial charge in [0.2, 0.25) is 5.91 Å². The van der Waals surface area contributed by atoms with E-state index >= 15 is 0 Å². The quantitative estimate of drug-likeness (QED) is 0.333. The fourth-order valence-electron chi connectivity index (χ4n) is 5.12. The first kappa shape index (κ1) is 27.6. The minimum Gasteiger partial charge on any atom is -0.380 e. The molecule has 2 N–H and O–H groups in total. The minimum absolute atomic E-state index is 0.00528. The second kappa shape index (κ2) is 12.5. The molecule has 3 aliphatic rings. The van der Waals surface area contributed by atoms with Gasteiger partial charge in [-0.05, 0) is 36.8 Å². The van der Waals surface area contributed by atoms with Crippen LogP contribution in [0, 0.1) is 23.6 Å². The summed E-state index contributed by atoms with van der Waals surface area (Å²) in [5.74, 6) is 6.31. The summed E-state index contributed by atoms with van der Waals surface area (Å²) in [5.41, 5.74) is 2.37. The van der Waals surface area contributed by atoms with Crippen LogP contribution in [0.3, 0.4) is 0 Å². The topological polar surface area (TPSA) is 97.8 Å². The molecule has 6 rings (SSSR count). The van der Waals surface area contributed by atoms with Gasteiger partial charge in [-0.15, -0.1) is 0 Å². The van der Waals surface area contributed by atoms with Gasteiger partial charge in [-0.3, -0.25) is 9.69 Å². The van der Waals surface area contributed by atoms with Crippen molar-refractivity contribution in [2.45, 2.75) is 18.6 Å². The third-order valence-electron chi connectivity index (χ3n) is 7.23. The van der Waals surface area contributed by atoms with Crippen LogP contribution >= 0.6 is 11.6 Å². The molecule has 9 nitrogen and oxygen atoms in total. The number of anilines is 3. The van der Waals surface area contributed by atoms with Gasteiger partial charge in [-0.25, -0.2) is 14.4 Å². The maximum Gasteiger partial charge on any atom is 0.248 e. The van der Waals surface area contributed by atoms with Crippen LogP contribution in [0.4, 0.5) is 21.6 Å². The number of likely N-dealkylation sites (tertiary alicyclic amines) is 1. The molecule has 3 unspecified atom stereocenters. The number of benzene rings is 2. The number of rotatable bonds is 6. The van der Waals surface area contributed by atoms with Crippen LogP contribution in [0.5, 0.6) is 0 Å². The van der Waals surface area contributed by atoms with Gasteiger partial charge in [0.15, 0.2) is 0 Å². The zero-order valence-corrected chi connectivity index (χ0v) is 23.0. The molecule has 3 aromatic rings. The molecule has 1 amide bonds. The Morgan fingerprint density at radius 2 is 1.98 bits per heavy atom. The summed E-state index contributed by atoms with van der Waals surface area (Å²) < 4.78 is 30.7. The van der Waals surface area contributed by atoms with Crippen molar-refractivity contribution in [1.29, 1.82) is 0 Å². The third kappa shape index (κ3) is 6.67. The van der Waals surface area contributed by atoms with E-state index in [-0.39, 0.29) is 29.1 Å². The van der Waals surface area contributed by atoms with Gasteiger partial charge in [-0.2, -0.15) is 0 Å². The molecular weight excluding hydrogens is 549 g/mol. The van der Waals surface area contributed by atoms with E-state index in [4.69, 9.17) is 25.8 Å². The predicted molar refractivity (Wildman–Crippen MR) is 154 cm³/mol. The smallest absolute Gasteiger partial charge is 0.248 e. The predicted octanol–water partition coefficient (Wildman–Crippen LogP) is 4.15. The molecule has 3 saturated heterocycles. The Labute approximate surface area is 242 Å². The summed E-state index contributed by atoms with van der Waals surface area (Å²) in [7, 11) is 0. The maximum atomic E-state index is 13.7. The van der Waals surface area contributed by atoms with Crippen molar-refractivity contribution in [3.63, 3.8) is 0 Å². The molecule has 2 aromatic carbocycles. The Bertz CT molecular complexity index is 1520. The van der Waals surface area contributed by atoms with Gasteiger partial charge in [0.05, 0.1) is 53.8 Å². The molecule has 0 radical (unpaired) electrons. The lowest BCUT2D eigenvalue weighted by atomic mass is 10.1. The van der Waals surface area contributed by atoms with E-state index in [2.05, 4.69) is 37.3 Å². The van der Waals surface area contributed by atoms with E-state index in [9.17, 15) is 9.18 Å². The zero-order valence-electron chi connectivity index (χ0n) is 22.2. The molecule has 0 bridgehead atoms. The van der Waals surface area contributed by atoms with Gasteiger partial charge in [0.1, 0.15) is 18.0 Å². The summed E-state index contributed by atoms with van der Waals surface area (Å²) in [6.45, 7) is 4.70. The fourth-order valence-corrected chi connectivity index (χ4v) is 5.30. The van der Waals surface area contributed by atoms with Crippen molar-refractivity contribution < 1.29 is 23.4 Å². The Hall–Kier alpha value is -3.59. The van der Waals surface area contributed by atoms with Crippen molar-refractivity contribution in [3.05, 3.63) is 65.2 Å². The second-order valence-corrected chi connectivity index (χ2v) is 10.6. The number of amides is 1. The number of carbonyl (C=O) groups is 1. The second-order valence-electron chi connectivity index (χ2n) is 10.1. The summed E-state index contributed by atoms with van der Waals surface area (Å²) >= 11 is 5.96. The molecule has 0 spiro atoms. The number of halogens is 2. The molecule has 0 aliphatic carbocycles. The average Bonchev–Trinajstić information content (AvgIpc) is 3.64. The van der Waals surface area contributed by atoms with Crippen LogP contribution < -0.4 is 10.6 Å². The first-order chi connectivity index (χ1) is 20.0. The van der Waals surface area contributed by atoms with Gasteiger partial charge < -0.3 is 24.8 Å². The van der Waals surface area contributed by atoms with Crippen molar-refractivity contribution >= 4 is 45.6 Å². The normalized spacial score (nSPS) is 22.4. The lowest BCUT2D eigenvalue weighted by Crippen LogP contribution is -2.36. The van der Waals surface area contributed by atoms with E-state index in [1.165, 1.54) is 24.5 Å². The van der Waals surface area contributed by atoms with E-state index < -0.39 is 5.82 Å². The molecular formula is C30H29ClFN5O4. The lowest BCUT2D eigenvalue weighted by Gasteiger charge is -2.24. The summed E-state index contributed by atoms with van der Waals surface area (Å²) in [6.07, 6.45) is 5.84. The van der Waals surface area contributed by atoms with Crippen LogP contribution in [0.2, 0.25) is 5.02 Å². The minimum atomic E-state index is -0.511. The summed E-state index contributed by atoms with van der Waals surface area (Å²) in [6, 6.07) is 7.95. The Kier molecular flexibility index (Phi) is 8.41. The largest absolute Gasteiger partial charge is 0.380 e. The van der Waals surface area contributed by atoms with Crippen LogP contribution in [0.1, 0.15) is 12.0 Å². The highest BCUT2D eigenvalue weighted by molar-refractivity contribution is 6.31. The molecule has 0 saturated carbocycles. The number of nitrogens with zero attached hydrogens (tertiary/aromatic N) is 3. The van der Waals surface area contributed by atoms with Gasteiger partial charge in [-0.1, -0.05) is 29.5 Å². The third-order valence-corrected chi connectivity index (χ3v) is 7.52. The zero-order chi connectivity index (χ0) is 28.2. The highest BCUT2D eigenvalue weighted by Gasteiger charge is 2.35. The average molecular weight is 578 g/mol. The van der Waals surface area contributed by atoms with Gasteiger partial charge in [0, 0.05) is 49.3 Å². The number of carbonyl (C=O) groups excluding carboxylic acids is 1. The molecule has 3 aliphatic heterocycles. The number of hydrogen-bond acceptors (Lipinski definition) is 8. The van der Waals surface area contributed by atoms with E-state index in [1.54, 1.807) is 12.1 Å². The van der Waals surface area contributed by atoms with Crippen LogP contribution in [0.25, 0.3) is 10.9 Å². The van der Waals surface area contributed by atoms with Crippen molar-refractivity contribution in [1.82, 2.24) is 14.9 Å². The molecule has 3 atom stereocenters. The Morgan fingerprint density at radius 3 is 2.73 bits per heavy atom. The molecule has 41 heavy (non-hydrogen) atoms. The van der Waals surface area contributed by atoms with Crippen molar-refractivity contribution in [2.24, 2.45) is 5.92 Å². The van der Waals surface area contributed by atoms with Gasteiger partial charge in [0.25, 0.3) is 0 Å². The Balaban J connectivity index is 1.23. The molecule has 11 heteroatoms.